The number of rotatable bonds is 5. The van der Waals surface area contributed by atoms with Gasteiger partial charge in [0.2, 0.25) is 0 Å². The standard InChI is InChI=1S/C12H4BrF11N2O3/c13-5-3-4(26(28)29)1-2-6(5)25-7(27)8(14,9(15,16)11(19,20)21)10(17,18)12(22,23)24/h1-3H,(H,25,27). The highest BCUT2D eigenvalue weighted by molar-refractivity contribution is 9.10. The summed E-state index contributed by atoms with van der Waals surface area (Å²) in [7, 11) is 0. The molecule has 0 bridgehead atoms. The highest BCUT2D eigenvalue weighted by Gasteiger charge is 2.89. The van der Waals surface area contributed by atoms with Gasteiger partial charge in [0.1, 0.15) is 0 Å². The van der Waals surface area contributed by atoms with E-state index in [1.807, 2.05) is 0 Å². The molecule has 1 N–H and O–H groups in total. The first-order valence-electron chi connectivity index (χ1n) is 6.55. The second-order valence-electron chi connectivity index (χ2n) is 5.18. The average Bonchev–Trinajstić information content (AvgIpc) is 2.52. The Labute approximate surface area is 160 Å². The first-order chi connectivity index (χ1) is 12.7. The van der Waals surface area contributed by atoms with Crippen molar-refractivity contribution in [2.75, 3.05) is 5.32 Å². The highest BCUT2D eigenvalue weighted by Crippen LogP contribution is 2.57. The van der Waals surface area contributed by atoms with E-state index < -0.39 is 56.5 Å². The summed E-state index contributed by atoms with van der Waals surface area (Å²) in [5.74, 6) is -18.7. The zero-order chi connectivity index (χ0) is 23.2. The zero-order valence-electron chi connectivity index (χ0n) is 12.9. The summed E-state index contributed by atoms with van der Waals surface area (Å²) in [5.41, 5.74) is -9.06. The lowest BCUT2D eigenvalue weighted by Crippen LogP contribution is -2.72. The molecule has 17 heteroatoms. The molecule has 29 heavy (non-hydrogen) atoms. The van der Waals surface area contributed by atoms with Crippen LogP contribution in [0.3, 0.4) is 0 Å². The smallest absolute Gasteiger partial charge is 0.322 e. The molecule has 1 rings (SSSR count). The number of non-ortho nitro benzene ring substituents is 1. The number of carbonyl (C=O) groups is 1. The normalized spacial score (nSPS) is 13.9. The van der Waals surface area contributed by atoms with E-state index in [4.69, 9.17) is 0 Å². The van der Waals surface area contributed by atoms with Crippen LogP contribution in [0, 0.1) is 10.1 Å². The number of nitrogens with one attached hydrogen (secondary N) is 1. The Bertz CT molecular complexity index is 796. The van der Waals surface area contributed by atoms with E-state index in [9.17, 15) is 63.2 Å². The third kappa shape index (κ3) is 3.95. The van der Waals surface area contributed by atoms with Crippen LogP contribution >= 0.6 is 15.9 Å². The molecular weight excluding hydrogens is 509 g/mol. The lowest BCUT2D eigenvalue weighted by atomic mass is 9.87. The number of nitro benzene ring substituents is 1. The number of carbonyl (C=O) groups excluding carboxylic acids is 1. The van der Waals surface area contributed by atoms with Gasteiger partial charge in [0, 0.05) is 16.6 Å². The Balaban J connectivity index is 3.61. The third-order valence-electron chi connectivity index (χ3n) is 3.30. The fourth-order valence-electron chi connectivity index (χ4n) is 1.80. The molecule has 164 valence electrons. The number of amides is 1. The van der Waals surface area contributed by atoms with Gasteiger partial charge in [-0.3, -0.25) is 14.9 Å². The van der Waals surface area contributed by atoms with Gasteiger partial charge in [-0.25, -0.2) is 4.39 Å². The summed E-state index contributed by atoms with van der Waals surface area (Å²) >= 11 is 2.43. The van der Waals surface area contributed by atoms with Crippen LogP contribution in [0.2, 0.25) is 0 Å². The quantitative estimate of drug-likeness (QED) is 0.326. The monoisotopic (exact) mass is 512 g/mol. The van der Waals surface area contributed by atoms with Gasteiger partial charge >= 0.3 is 29.9 Å². The molecule has 0 aliphatic carbocycles. The number of anilines is 1. The maximum atomic E-state index is 14.3. The fraction of sp³-hybridized carbons (Fsp3) is 0.417. The van der Waals surface area contributed by atoms with Crippen LogP contribution in [0.4, 0.5) is 59.7 Å². The number of alkyl halides is 11. The van der Waals surface area contributed by atoms with Crippen molar-refractivity contribution in [2.45, 2.75) is 29.9 Å². The average molecular weight is 513 g/mol. The molecule has 0 saturated carbocycles. The van der Waals surface area contributed by atoms with Crippen LogP contribution < -0.4 is 5.32 Å². The van der Waals surface area contributed by atoms with Crippen molar-refractivity contribution in [3.8, 4) is 0 Å². The van der Waals surface area contributed by atoms with Crippen molar-refractivity contribution in [3.63, 3.8) is 0 Å². The summed E-state index contributed by atoms with van der Waals surface area (Å²) in [5, 5.41) is 11.2. The molecule has 0 radical (unpaired) electrons. The molecule has 0 heterocycles. The van der Waals surface area contributed by atoms with E-state index in [1.165, 1.54) is 0 Å². The van der Waals surface area contributed by atoms with Gasteiger partial charge in [0.25, 0.3) is 11.6 Å². The molecule has 0 aliphatic heterocycles. The Kier molecular flexibility index (Phi) is 6.20. The molecule has 0 aromatic heterocycles. The molecule has 1 amide bonds. The minimum atomic E-state index is -7.50. The molecule has 0 saturated heterocycles. The van der Waals surface area contributed by atoms with Crippen LogP contribution in [0.25, 0.3) is 0 Å². The zero-order valence-corrected chi connectivity index (χ0v) is 14.5. The van der Waals surface area contributed by atoms with Crippen molar-refractivity contribution in [3.05, 3.63) is 32.8 Å². The van der Waals surface area contributed by atoms with Crippen LogP contribution in [0.1, 0.15) is 0 Å². The Morgan fingerprint density at radius 3 is 1.62 bits per heavy atom. The molecule has 1 aromatic carbocycles. The number of nitro groups is 1. The van der Waals surface area contributed by atoms with E-state index in [0.29, 0.717) is 18.2 Å². The van der Waals surface area contributed by atoms with Crippen molar-refractivity contribution in [1.82, 2.24) is 0 Å². The van der Waals surface area contributed by atoms with E-state index >= 15 is 0 Å². The Morgan fingerprint density at radius 2 is 1.31 bits per heavy atom. The fourth-order valence-corrected chi connectivity index (χ4v) is 2.27. The van der Waals surface area contributed by atoms with Crippen molar-refractivity contribution in [2.24, 2.45) is 0 Å². The van der Waals surface area contributed by atoms with Crippen molar-refractivity contribution < 1.29 is 58.0 Å². The second-order valence-corrected chi connectivity index (χ2v) is 6.03. The van der Waals surface area contributed by atoms with Gasteiger partial charge in [-0.2, -0.15) is 43.9 Å². The van der Waals surface area contributed by atoms with Crippen LogP contribution in [-0.4, -0.2) is 40.7 Å². The first-order valence-corrected chi connectivity index (χ1v) is 7.34. The molecule has 5 nitrogen and oxygen atoms in total. The summed E-state index contributed by atoms with van der Waals surface area (Å²) in [6.07, 6.45) is -14.7. The number of nitrogens with zero attached hydrogens (tertiary/aromatic N) is 1. The first kappa shape index (κ1) is 24.8. The SMILES string of the molecule is O=C(Nc1ccc([N+](=O)[O-])cc1Br)C(F)(C(F)(F)C(F)(F)F)C(F)(F)C(F)(F)F. The molecule has 0 aliphatic rings. The largest absolute Gasteiger partial charge is 0.457 e. The van der Waals surface area contributed by atoms with Gasteiger partial charge in [0.05, 0.1) is 10.6 Å². The van der Waals surface area contributed by atoms with Crippen molar-refractivity contribution in [1.29, 1.82) is 0 Å². The number of benzene rings is 1. The molecule has 0 atom stereocenters. The lowest BCUT2D eigenvalue weighted by molar-refractivity contribution is -0.393. The summed E-state index contributed by atoms with van der Waals surface area (Å²) in [6.45, 7) is 0. The number of hydrogen-bond acceptors (Lipinski definition) is 3. The molecule has 0 fully saturated rings. The predicted molar refractivity (Wildman–Crippen MR) is 75.3 cm³/mol. The van der Waals surface area contributed by atoms with Gasteiger partial charge in [-0.1, -0.05) is 0 Å². The van der Waals surface area contributed by atoms with Gasteiger partial charge < -0.3 is 5.32 Å². The van der Waals surface area contributed by atoms with E-state index in [0.717, 1.165) is 5.32 Å². The molecule has 0 spiro atoms. The topological polar surface area (TPSA) is 72.2 Å². The molecular formula is C12H4BrF11N2O3. The Hall–Kier alpha value is -2.20. The molecule has 0 unspecified atom stereocenters. The predicted octanol–water partition coefficient (Wildman–Crippen LogP) is 5.40. The van der Waals surface area contributed by atoms with Gasteiger partial charge in [-0.15, -0.1) is 0 Å². The summed E-state index contributed by atoms with van der Waals surface area (Å²) < 4.78 is 142. The van der Waals surface area contributed by atoms with Crippen molar-refractivity contribution >= 4 is 33.2 Å². The Morgan fingerprint density at radius 1 is 0.897 bits per heavy atom. The summed E-state index contributed by atoms with van der Waals surface area (Å²) in [6, 6.07) is 1.29. The van der Waals surface area contributed by atoms with Crippen LogP contribution in [0.5, 0.6) is 0 Å². The minimum absolute atomic E-state index is 0.359. The number of hydrogen-bond donors (Lipinski definition) is 1. The van der Waals surface area contributed by atoms with Crippen LogP contribution in [0.15, 0.2) is 22.7 Å². The van der Waals surface area contributed by atoms with Crippen LogP contribution in [-0.2, 0) is 4.79 Å². The van der Waals surface area contributed by atoms with Gasteiger partial charge in [0.15, 0.2) is 0 Å². The minimum Gasteiger partial charge on any atom is -0.322 e. The summed E-state index contributed by atoms with van der Waals surface area (Å²) in [4.78, 5) is 21.0. The van der Waals surface area contributed by atoms with E-state index in [1.54, 1.807) is 0 Å². The third-order valence-corrected chi connectivity index (χ3v) is 3.96. The van der Waals surface area contributed by atoms with E-state index in [2.05, 4.69) is 15.9 Å². The maximum absolute atomic E-state index is 14.3. The number of halogens is 12. The maximum Gasteiger partial charge on any atom is 0.457 e. The van der Waals surface area contributed by atoms with E-state index in [-0.39, 0.29) is 0 Å². The molecule has 1 aromatic rings. The second kappa shape index (κ2) is 7.24. The van der Waals surface area contributed by atoms with Gasteiger partial charge in [-0.05, 0) is 22.0 Å². The highest BCUT2D eigenvalue weighted by atomic mass is 79.9. The lowest BCUT2D eigenvalue weighted by Gasteiger charge is -2.38.